The maximum absolute atomic E-state index is 13.4. The molecule has 1 amide bonds. The van der Waals surface area contributed by atoms with Crippen LogP contribution in [-0.4, -0.2) is 50.1 Å². The highest BCUT2D eigenvalue weighted by molar-refractivity contribution is 7.22. The summed E-state index contributed by atoms with van der Waals surface area (Å²) in [5, 5.41) is 13.5. The summed E-state index contributed by atoms with van der Waals surface area (Å²) >= 11 is 1.43. The Hall–Kier alpha value is -5.68. The van der Waals surface area contributed by atoms with Crippen molar-refractivity contribution in [3.63, 3.8) is 0 Å². The molecule has 11 heteroatoms. The molecule has 0 aliphatic carbocycles. The number of thiazole rings is 1. The Balaban J connectivity index is 1.00. The largest absolute Gasteiger partial charge is 0.494 e. The number of rotatable bonds is 10. The predicted molar refractivity (Wildman–Crippen MR) is 181 cm³/mol. The lowest BCUT2D eigenvalue weighted by atomic mass is 9.94. The third-order valence-electron chi connectivity index (χ3n) is 8.06. The van der Waals surface area contributed by atoms with Crippen LogP contribution in [-0.2, 0) is 19.4 Å². The molecule has 0 saturated carbocycles. The van der Waals surface area contributed by atoms with E-state index in [0.717, 1.165) is 32.7 Å². The van der Waals surface area contributed by atoms with Crippen molar-refractivity contribution in [2.45, 2.75) is 25.8 Å². The monoisotopic (exact) mass is 642 g/mol. The summed E-state index contributed by atoms with van der Waals surface area (Å²) in [5.74, 6) is 0.638. The number of carbonyl (C=O) groups excluding carboxylic acids is 1. The van der Waals surface area contributed by atoms with Gasteiger partial charge in [-0.1, -0.05) is 41.7 Å². The highest BCUT2D eigenvalue weighted by Gasteiger charge is 2.25. The second-order valence-electron chi connectivity index (χ2n) is 11.1. The SMILES string of the molecule is O=C(Nc1nc2ccccc2s1)c1cccc2c1CN(c1ccc(CCCOc3ccc(-c4ncccn4)cc3)c(C(=O)O)n1)CC2. The van der Waals surface area contributed by atoms with E-state index >= 15 is 0 Å². The molecule has 0 atom stereocenters. The van der Waals surface area contributed by atoms with Gasteiger partial charge in [-0.05, 0) is 90.6 Å². The van der Waals surface area contributed by atoms with Gasteiger partial charge in [-0.15, -0.1) is 0 Å². The number of carboxylic acid groups (broad SMARTS) is 1. The minimum atomic E-state index is -1.07. The Morgan fingerprint density at radius 1 is 0.915 bits per heavy atom. The van der Waals surface area contributed by atoms with E-state index in [-0.39, 0.29) is 11.6 Å². The van der Waals surface area contributed by atoms with Gasteiger partial charge < -0.3 is 14.7 Å². The first kappa shape index (κ1) is 30.0. The maximum atomic E-state index is 13.4. The molecule has 6 aromatic rings. The zero-order chi connectivity index (χ0) is 32.2. The lowest BCUT2D eigenvalue weighted by Crippen LogP contribution is -2.33. The number of aromatic nitrogens is 4. The Kier molecular flexibility index (Phi) is 8.52. The number of benzene rings is 3. The summed E-state index contributed by atoms with van der Waals surface area (Å²) in [7, 11) is 0. The molecule has 0 bridgehead atoms. The van der Waals surface area contributed by atoms with Crippen molar-refractivity contribution >= 4 is 44.4 Å². The second-order valence-corrected chi connectivity index (χ2v) is 12.1. The van der Waals surface area contributed by atoms with Crippen molar-refractivity contribution in [3.05, 3.63) is 125 Å². The number of hydrogen-bond acceptors (Lipinski definition) is 9. The molecule has 0 spiro atoms. The fourth-order valence-corrected chi connectivity index (χ4v) is 6.58. The zero-order valence-corrected chi connectivity index (χ0v) is 26.1. The number of amides is 1. The zero-order valence-electron chi connectivity index (χ0n) is 25.3. The van der Waals surface area contributed by atoms with Crippen LogP contribution in [0.5, 0.6) is 5.75 Å². The summed E-state index contributed by atoms with van der Waals surface area (Å²) in [6.45, 7) is 1.52. The Labute approximate surface area is 274 Å². The molecular weight excluding hydrogens is 613 g/mol. The molecule has 0 radical (unpaired) electrons. The Bertz CT molecular complexity index is 2030. The standard InChI is InChI=1S/C36H30N6O4S/c43-34(41-36-39-29-9-1-2-10-30(29)47-36)27-8-3-6-23-17-20-42(22-28(23)27)31-16-13-24(32(40-31)35(44)45)7-4-21-46-26-14-11-25(12-15-26)33-37-18-5-19-38-33/h1-3,5-6,8-16,18-19H,4,7,17,20-22H2,(H,44,45)(H,39,41,43). The number of para-hydroxylation sites is 1. The molecule has 3 aromatic heterocycles. The van der Waals surface area contributed by atoms with Gasteiger partial charge in [-0.2, -0.15) is 0 Å². The molecule has 4 heterocycles. The first-order valence-electron chi connectivity index (χ1n) is 15.3. The quantitative estimate of drug-likeness (QED) is 0.157. The summed E-state index contributed by atoms with van der Waals surface area (Å²) in [6.07, 6.45) is 5.24. The van der Waals surface area contributed by atoms with Gasteiger partial charge in [0.25, 0.3) is 5.91 Å². The van der Waals surface area contributed by atoms with E-state index in [1.165, 1.54) is 11.3 Å². The third kappa shape index (κ3) is 6.66. The minimum absolute atomic E-state index is 0.0300. The van der Waals surface area contributed by atoms with Crippen molar-refractivity contribution in [3.8, 4) is 17.1 Å². The van der Waals surface area contributed by atoms with Crippen molar-refractivity contribution in [2.75, 3.05) is 23.4 Å². The van der Waals surface area contributed by atoms with Crippen molar-refractivity contribution in [1.82, 2.24) is 19.9 Å². The summed E-state index contributed by atoms with van der Waals surface area (Å²) in [4.78, 5) is 45.3. The third-order valence-corrected chi connectivity index (χ3v) is 9.01. The van der Waals surface area contributed by atoms with E-state index in [2.05, 4.69) is 25.3 Å². The van der Waals surface area contributed by atoms with Crippen molar-refractivity contribution in [2.24, 2.45) is 0 Å². The van der Waals surface area contributed by atoms with E-state index in [1.54, 1.807) is 18.5 Å². The first-order valence-corrected chi connectivity index (χ1v) is 16.1. The average Bonchev–Trinajstić information content (AvgIpc) is 3.52. The Morgan fingerprint density at radius 3 is 2.55 bits per heavy atom. The van der Waals surface area contributed by atoms with Crippen molar-refractivity contribution < 1.29 is 19.4 Å². The molecule has 1 aliphatic heterocycles. The number of fused-ring (bicyclic) bond motifs is 2. The molecule has 10 nitrogen and oxygen atoms in total. The fraction of sp³-hybridized carbons (Fsp3) is 0.167. The molecule has 47 heavy (non-hydrogen) atoms. The topological polar surface area (TPSA) is 130 Å². The lowest BCUT2D eigenvalue weighted by molar-refractivity contribution is 0.0689. The van der Waals surface area contributed by atoms with Crippen molar-refractivity contribution in [1.29, 1.82) is 0 Å². The van der Waals surface area contributed by atoms with E-state index in [9.17, 15) is 14.7 Å². The van der Waals surface area contributed by atoms with Crippen LogP contribution in [0.15, 0.2) is 97.3 Å². The molecule has 1 aliphatic rings. The van der Waals surface area contributed by atoms with Crippen LogP contribution in [0.3, 0.4) is 0 Å². The summed E-state index contributed by atoms with van der Waals surface area (Å²) < 4.78 is 6.91. The highest BCUT2D eigenvalue weighted by Crippen LogP contribution is 2.30. The van der Waals surface area contributed by atoms with Gasteiger partial charge in [-0.3, -0.25) is 10.1 Å². The van der Waals surface area contributed by atoms with Crippen LogP contribution >= 0.6 is 11.3 Å². The number of aromatic carboxylic acids is 1. The molecule has 2 N–H and O–H groups in total. The molecule has 3 aromatic carbocycles. The van der Waals surface area contributed by atoms with Crippen LogP contribution in [0.2, 0.25) is 0 Å². The van der Waals surface area contributed by atoms with Gasteiger partial charge in [0.05, 0.1) is 16.8 Å². The van der Waals surface area contributed by atoms with E-state index in [1.807, 2.05) is 83.8 Å². The number of pyridine rings is 1. The van der Waals surface area contributed by atoms with Gasteiger partial charge >= 0.3 is 5.97 Å². The normalized spacial score (nSPS) is 12.5. The molecule has 234 valence electrons. The van der Waals surface area contributed by atoms with Gasteiger partial charge in [0, 0.05) is 36.6 Å². The number of carbonyl (C=O) groups is 2. The second kappa shape index (κ2) is 13.4. The van der Waals surface area contributed by atoms with E-state index in [4.69, 9.17) is 4.74 Å². The smallest absolute Gasteiger partial charge is 0.354 e. The van der Waals surface area contributed by atoms with Gasteiger partial charge in [0.15, 0.2) is 16.6 Å². The first-order chi connectivity index (χ1) is 23.0. The van der Waals surface area contributed by atoms with Crippen LogP contribution in [0.25, 0.3) is 21.6 Å². The van der Waals surface area contributed by atoms with Crippen LogP contribution < -0.4 is 15.0 Å². The molecule has 7 rings (SSSR count). The highest BCUT2D eigenvalue weighted by atomic mass is 32.1. The Morgan fingerprint density at radius 2 is 1.74 bits per heavy atom. The van der Waals surface area contributed by atoms with E-state index < -0.39 is 5.97 Å². The molecule has 0 fully saturated rings. The maximum Gasteiger partial charge on any atom is 0.354 e. The summed E-state index contributed by atoms with van der Waals surface area (Å²) in [5.41, 5.74) is 4.99. The minimum Gasteiger partial charge on any atom is -0.494 e. The van der Waals surface area contributed by atoms with E-state index in [0.29, 0.717) is 66.9 Å². The predicted octanol–water partition coefficient (Wildman–Crippen LogP) is 6.67. The van der Waals surface area contributed by atoms with Crippen LogP contribution in [0.4, 0.5) is 10.9 Å². The molecular formula is C36H30N6O4S. The van der Waals surface area contributed by atoms with Crippen LogP contribution in [0, 0.1) is 0 Å². The van der Waals surface area contributed by atoms with Crippen LogP contribution in [0.1, 0.15) is 44.0 Å². The fourth-order valence-electron chi connectivity index (χ4n) is 5.72. The van der Waals surface area contributed by atoms with Gasteiger partial charge in [-0.25, -0.2) is 24.7 Å². The lowest BCUT2D eigenvalue weighted by Gasteiger charge is -2.31. The average molecular weight is 643 g/mol. The van der Waals surface area contributed by atoms with Gasteiger partial charge in [0.1, 0.15) is 11.6 Å². The summed E-state index contributed by atoms with van der Waals surface area (Å²) in [6, 6.07) is 26.6. The number of hydrogen-bond donors (Lipinski definition) is 2. The molecule has 0 unspecified atom stereocenters. The van der Waals surface area contributed by atoms with Gasteiger partial charge in [0.2, 0.25) is 0 Å². The number of carboxylic acids is 1. The number of nitrogens with zero attached hydrogens (tertiary/aromatic N) is 5. The number of aryl methyl sites for hydroxylation is 1. The molecule has 0 saturated heterocycles. The number of ether oxygens (including phenoxy) is 1. The number of anilines is 2. The number of nitrogens with one attached hydrogen (secondary N) is 1.